The molecule has 26 heavy (non-hydrogen) atoms. The molecule has 138 valence electrons. The standard InChI is InChI=1S/C19H21ClN2O4/c1-22(2)19(24)13-7-8-17(25-3)16(11-13)21-18(23)9-10-26-15-6-4-5-14(20)12-15/h4-8,11-12H,9-10H2,1-3H3,(H,21,23). The summed E-state index contributed by atoms with van der Waals surface area (Å²) in [7, 11) is 4.83. The van der Waals surface area contributed by atoms with Gasteiger partial charge in [-0.3, -0.25) is 9.59 Å². The van der Waals surface area contributed by atoms with Gasteiger partial charge in [0.1, 0.15) is 11.5 Å². The molecule has 2 aromatic carbocycles. The lowest BCUT2D eigenvalue weighted by molar-refractivity contribution is -0.116. The molecule has 0 fully saturated rings. The van der Waals surface area contributed by atoms with Crippen molar-refractivity contribution in [3.63, 3.8) is 0 Å². The summed E-state index contributed by atoms with van der Waals surface area (Å²) in [6.45, 7) is 0.199. The lowest BCUT2D eigenvalue weighted by atomic mass is 10.1. The first kappa shape index (κ1) is 19.6. The Labute approximate surface area is 157 Å². The molecule has 0 aliphatic carbocycles. The third-order valence-electron chi connectivity index (χ3n) is 3.52. The summed E-state index contributed by atoms with van der Waals surface area (Å²) in [5.74, 6) is 0.665. The summed E-state index contributed by atoms with van der Waals surface area (Å²) in [6, 6.07) is 11.9. The number of halogens is 1. The van der Waals surface area contributed by atoms with E-state index >= 15 is 0 Å². The summed E-state index contributed by atoms with van der Waals surface area (Å²) in [4.78, 5) is 25.7. The number of nitrogens with zero attached hydrogens (tertiary/aromatic N) is 1. The van der Waals surface area contributed by atoms with Crippen LogP contribution < -0.4 is 14.8 Å². The lowest BCUT2D eigenvalue weighted by Gasteiger charge is -2.14. The average Bonchev–Trinajstić information content (AvgIpc) is 2.61. The van der Waals surface area contributed by atoms with Gasteiger partial charge in [0.2, 0.25) is 5.91 Å². The molecule has 0 heterocycles. The van der Waals surface area contributed by atoms with Crippen LogP contribution in [0.1, 0.15) is 16.8 Å². The van der Waals surface area contributed by atoms with Gasteiger partial charge in [0.15, 0.2) is 0 Å². The topological polar surface area (TPSA) is 67.9 Å². The Morgan fingerprint density at radius 2 is 1.92 bits per heavy atom. The molecule has 6 nitrogen and oxygen atoms in total. The molecule has 0 aliphatic rings. The third-order valence-corrected chi connectivity index (χ3v) is 3.76. The first-order valence-corrected chi connectivity index (χ1v) is 8.36. The fraction of sp³-hybridized carbons (Fsp3) is 0.263. The highest BCUT2D eigenvalue weighted by Gasteiger charge is 2.13. The van der Waals surface area contributed by atoms with E-state index in [1.807, 2.05) is 0 Å². The maximum atomic E-state index is 12.2. The zero-order chi connectivity index (χ0) is 19.1. The zero-order valence-corrected chi connectivity index (χ0v) is 15.7. The van der Waals surface area contributed by atoms with Gasteiger partial charge in [-0.25, -0.2) is 0 Å². The molecule has 0 atom stereocenters. The van der Waals surface area contributed by atoms with Crippen LogP contribution in [0.2, 0.25) is 5.02 Å². The van der Waals surface area contributed by atoms with E-state index in [0.717, 1.165) is 0 Å². The normalized spacial score (nSPS) is 10.2. The summed E-state index contributed by atoms with van der Waals surface area (Å²) in [5.41, 5.74) is 0.897. The number of carbonyl (C=O) groups excluding carboxylic acids is 2. The van der Waals surface area contributed by atoms with E-state index in [4.69, 9.17) is 21.1 Å². The molecule has 0 aliphatic heterocycles. The number of nitrogens with one attached hydrogen (secondary N) is 1. The molecule has 2 aromatic rings. The van der Waals surface area contributed by atoms with Crippen molar-refractivity contribution >= 4 is 29.1 Å². The van der Waals surface area contributed by atoms with Crippen LogP contribution in [-0.2, 0) is 4.79 Å². The minimum atomic E-state index is -0.250. The predicted molar refractivity (Wildman–Crippen MR) is 101 cm³/mol. The SMILES string of the molecule is COc1ccc(C(=O)N(C)C)cc1NC(=O)CCOc1cccc(Cl)c1. The minimum Gasteiger partial charge on any atom is -0.495 e. The Balaban J connectivity index is 1.98. The second kappa shape index (κ2) is 9.10. The van der Waals surface area contributed by atoms with Gasteiger partial charge >= 0.3 is 0 Å². The molecule has 0 unspecified atom stereocenters. The van der Waals surface area contributed by atoms with Crippen molar-refractivity contribution in [2.45, 2.75) is 6.42 Å². The number of hydrogen-bond donors (Lipinski definition) is 1. The number of rotatable bonds is 7. The Kier molecular flexibility index (Phi) is 6.86. The van der Waals surface area contributed by atoms with E-state index in [9.17, 15) is 9.59 Å². The molecule has 2 amide bonds. The van der Waals surface area contributed by atoms with Crippen LogP contribution in [0.4, 0.5) is 5.69 Å². The molecule has 2 rings (SSSR count). The van der Waals surface area contributed by atoms with E-state index in [1.54, 1.807) is 56.6 Å². The van der Waals surface area contributed by atoms with Gasteiger partial charge in [-0.2, -0.15) is 0 Å². The van der Waals surface area contributed by atoms with E-state index < -0.39 is 0 Å². The maximum absolute atomic E-state index is 12.2. The molecule has 0 saturated heterocycles. The van der Waals surface area contributed by atoms with Crippen molar-refractivity contribution in [1.82, 2.24) is 4.90 Å². The Bertz CT molecular complexity index is 793. The van der Waals surface area contributed by atoms with E-state index in [1.165, 1.54) is 12.0 Å². The van der Waals surface area contributed by atoms with Crippen molar-refractivity contribution in [2.24, 2.45) is 0 Å². The summed E-state index contributed by atoms with van der Waals surface area (Å²) >= 11 is 5.89. The van der Waals surface area contributed by atoms with E-state index in [-0.39, 0.29) is 24.8 Å². The molecule has 0 aromatic heterocycles. The summed E-state index contributed by atoms with van der Waals surface area (Å²) < 4.78 is 10.8. The van der Waals surface area contributed by atoms with Crippen LogP contribution in [0.25, 0.3) is 0 Å². The number of anilines is 1. The summed E-state index contributed by atoms with van der Waals surface area (Å²) in [5, 5.41) is 3.32. The van der Waals surface area contributed by atoms with Gasteiger partial charge in [-0.15, -0.1) is 0 Å². The van der Waals surface area contributed by atoms with Crippen molar-refractivity contribution in [3.8, 4) is 11.5 Å². The highest BCUT2D eigenvalue weighted by molar-refractivity contribution is 6.30. The second-order valence-electron chi connectivity index (χ2n) is 5.72. The molecule has 0 spiro atoms. The fourth-order valence-corrected chi connectivity index (χ4v) is 2.41. The quantitative estimate of drug-likeness (QED) is 0.803. The Morgan fingerprint density at radius 1 is 1.15 bits per heavy atom. The van der Waals surface area contributed by atoms with Crippen LogP contribution in [-0.4, -0.2) is 44.5 Å². The number of carbonyl (C=O) groups is 2. The number of ether oxygens (including phenoxy) is 2. The molecule has 0 saturated carbocycles. The van der Waals surface area contributed by atoms with Crippen LogP contribution in [0.15, 0.2) is 42.5 Å². The van der Waals surface area contributed by atoms with Crippen molar-refractivity contribution in [1.29, 1.82) is 0 Å². The van der Waals surface area contributed by atoms with Crippen LogP contribution >= 0.6 is 11.6 Å². The molecule has 0 bridgehead atoms. The minimum absolute atomic E-state index is 0.140. The van der Waals surface area contributed by atoms with Crippen molar-refractivity contribution in [3.05, 3.63) is 53.1 Å². The lowest BCUT2D eigenvalue weighted by Crippen LogP contribution is -2.22. The smallest absolute Gasteiger partial charge is 0.253 e. The predicted octanol–water partition coefficient (Wildman–Crippen LogP) is 3.46. The second-order valence-corrected chi connectivity index (χ2v) is 6.16. The van der Waals surface area contributed by atoms with Gasteiger partial charge in [-0.1, -0.05) is 17.7 Å². The highest BCUT2D eigenvalue weighted by atomic mass is 35.5. The third kappa shape index (κ3) is 5.39. The zero-order valence-electron chi connectivity index (χ0n) is 14.9. The average molecular weight is 377 g/mol. The first-order valence-electron chi connectivity index (χ1n) is 7.98. The number of benzene rings is 2. The maximum Gasteiger partial charge on any atom is 0.253 e. The van der Waals surface area contributed by atoms with Gasteiger partial charge in [-0.05, 0) is 36.4 Å². The monoisotopic (exact) mass is 376 g/mol. The number of amides is 2. The molecule has 1 N–H and O–H groups in total. The van der Waals surface area contributed by atoms with Crippen LogP contribution in [0.5, 0.6) is 11.5 Å². The summed E-state index contributed by atoms with van der Waals surface area (Å²) in [6.07, 6.45) is 0.140. The molecular formula is C19H21ClN2O4. The molecule has 0 radical (unpaired) electrons. The number of methoxy groups -OCH3 is 1. The van der Waals surface area contributed by atoms with E-state index in [0.29, 0.717) is 27.8 Å². The van der Waals surface area contributed by atoms with Crippen molar-refractivity contribution in [2.75, 3.05) is 33.1 Å². The van der Waals surface area contributed by atoms with Crippen molar-refractivity contribution < 1.29 is 19.1 Å². The Hall–Kier alpha value is -2.73. The van der Waals surface area contributed by atoms with Crippen LogP contribution in [0.3, 0.4) is 0 Å². The van der Waals surface area contributed by atoms with Gasteiger partial charge in [0.25, 0.3) is 5.91 Å². The fourth-order valence-electron chi connectivity index (χ4n) is 2.23. The van der Waals surface area contributed by atoms with Crippen LogP contribution in [0, 0.1) is 0 Å². The molecular weight excluding hydrogens is 356 g/mol. The van der Waals surface area contributed by atoms with Gasteiger partial charge < -0.3 is 19.7 Å². The van der Waals surface area contributed by atoms with Gasteiger partial charge in [0.05, 0.1) is 25.8 Å². The Morgan fingerprint density at radius 3 is 2.58 bits per heavy atom. The first-order chi connectivity index (χ1) is 12.4. The number of hydrogen-bond acceptors (Lipinski definition) is 4. The van der Waals surface area contributed by atoms with E-state index in [2.05, 4.69) is 5.32 Å². The molecule has 7 heteroatoms. The highest BCUT2D eigenvalue weighted by Crippen LogP contribution is 2.26. The largest absolute Gasteiger partial charge is 0.495 e. The van der Waals surface area contributed by atoms with Gasteiger partial charge in [0, 0.05) is 24.7 Å².